The Labute approximate surface area is 172 Å². The minimum Gasteiger partial charge on any atom is -0.478 e. The summed E-state index contributed by atoms with van der Waals surface area (Å²) in [6.07, 6.45) is 6.76. The SMILES string of the molecule is O=C(O)C1(c2c(-c3ccccc3F)ccnc2N2CCCC2)Nc2ccncc2N1. The van der Waals surface area contributed by atoms with Crippen LogP contribution in [0.3, 0.4) is 0 Å². The minimum absolute atomic E-state index is 0.327. The van der Waals surface area contributed by atoms with Crippen LogP contribution in [0.2, 0.25) is 0 Å². The smallest absolute Gasteiger partial charge is 0.355 e. The fourth-order valence-electron chi connectivity index (χ4n) is 4.27. The number of halogens is 1. The number of nitrogens with one attached hydrogen (secondary N) is 2. The molecule has 1 fully saturated rings. The van der Waals surface area contributed by atoms with E-state index in [0.717, 1.165) is 25.9 Å². The molecule has 0 aliphatic carbocycles. The number of aliphatic carboxylic acids is 1. The molecule has 5 rings (SSSR count). The molecule has 2 aliphatic heterocycles. The number of carboxylic acids is 1. The summed E-state index contributed by atoms with van der Waals surface area (Å²) in [5, 5.41) is 16.6. The van der Waals surface area contributed by atoms with E-state index in [-0.39, 0.29) is 0 Å². The normalized spacial score (nSPS) is 19.8. The largest absolute Gasteiger partial charge is 0.478 e. The van der Waals surface area contributed by atoms with E-state index < -0.39 is 17.4 Å². The number of nitrogens with zero attached hydrogens (tertiary/aromatic N) is 3. The van der Waals surface area contributed by atoms with Gasteiger partial charge in [-0.3, -0.25) is 4.98 Å². The topological polar surface area (TPSA) is 90.4 Å². The number of anilines is 3. The van der Waals surface area contributed by atoms with E-state index in [1.165, 1.54) is 6.07 Å². The van der Waals surface area contributed by atoms with E-state index in [1.54, 1.807) is 48.9 Å². The van der Waals surface area contributed by atoms with Crippen LogP contribution in [0.4, 0.5) is 21.6 Å². The van der Waals surface area contributed by atoms with Crippen molar-refractivity contribution in [2.24, 2.45) is 0 Å². The van der Waals surface area contributed by atoms with Crippen LogP contribution in [0, 0.1) is 5.82 Å². The highest BCUT2D eigenvalue weighted by molar-refractivity contribution is 5.98. The van der Waals surface area contributed by atoms with Crippen LogP contribution in [0.5, 0.6) is 0 Å². The van der Waals surface area contributed by atoms with Crippen molar-refractivity contribution in [1.29, 1.82) is 0 Å². The quantitative estimate of drug-likeness (QED) is 0.610. The first-order chi connectivity index (χ1) is 14.6. The van der Waals surface area contributed by atoms with Crippen LogP contribution in [0.25, 0.3) is 11.1 Å². The molecule has 7 nitrogen and oxygen atoms in total. The van der Waals surface area contributed by atoms with Crippen LogP contribution >= 0.6 is 0 Å². The Kier molecular flexibility index (Phi) is 4.27. The molecule has 1 saturated heterocycles. The van der Waals surface area contributed by atoms with Gasteiger partial charge in [-0.1, -0.05) is 18.2 Å². The van der Waals surface area contributed by atoms with Crippen molar-refractivity contribution in [3.63, 3.8) is 0 Å². The third-order valence-corrected chi connectivity index (χ3v) is 5.66. The summed E-state index contributed by atoms with van der Waals surface area (Å²) in [6.45, 7) is 1.54. The van der Waals surface area contributed by atoms with E-state index >= 15 is 0 Å². The second-order valence-electron chi connectivity index (χ2n) is 7.46. The lowest BCUT2D eigenvalue weighted by Crippen LogP contribution is -2.48. The van der Waals surface area contributed by atoms with E-state index in [9.17, 15) is 14.3 Å². The molecule has 0 amide bonds. The van der Waals surface area contributed by atoms with Crippen LogP contribution in [0.1, 0.15) is 18.4 Å². The Balaban J connectivity index is 1.79. The number of rotatable bonds is 4. The number of carbonyl (C=O) groups is 1. The summed E-state index contributed by atoms with van der Waals surface area (Å²) in [5.74, 6) is -1.02. The van der Waals surface area contributed by atoms with Crippen molar-refractivity contribution in [3.8, 4) is 11.1 Å². The van der Waals surface area contributed by atoms with Gasteiger partial charge in [-0.2, -0.15) is 0 Å². The Morgan fingerprint density at radius 2 is 1.80 bits per heavy atom. The van der Waals surface area contributed by atoms with Gasteiger partial charge in [0.05, 0.1) is 23.1 Å². The Bertz CT molecular complexity index is 1110. The molecule has 0 spiro atoms. The lowest BCUT2D eigenvalue weighted by atomic mass is 9.90. The molecule has 2 aromatic heterocycles. The Morgan fingerprint density at radius 3 is 2.53 bits per heavy atom. The van der Waals surface area contributed by atoms with Gasteiger partial charge in [0.25, 0.3) is 0 Å². The van der Waals surface area contributed by atoms with Gasteiger partial charge in [-0.15, -0.1) is 0 Å². The summed E-state index contributed by atoms with van der Waals surface area (Å²) < 4.78 is 14.8. The molecule has 30 heavy (non-hydrogen) atoms. The number of hydrogen-bond acceptors (Lipinski definition) is 6. The molecule has 1 unspecified atom stereocenters. The predicted octanol–water partition coefficient (Wildman–Crippen LogP) is 3.66. The fraction of sp³-hybridized carbons (Fsp3) is 0.227. The van der Waals surface area contributed by atoms with E-state index in [1.807, 2.05) is 0 Å². The van der Waals surface area contributed by atoms with Gasteiger partial charge in [-0.05, 0) is 36.6 Å². The molecule has 1 atom stereocenters. The number of carboxylic acid groups (broad SMARTS) is 1. The van der Waals surface area contributed by atoms with Gasteiger partial charge >= 0.3 is 5.97 Å². The molecular weight excluding hydrogens is 385 g/mol. The summed E-state index contributed by atoms with van der Waals surface area (Å²) in [5.41, 5.74) is 0.663. The summed E-state index contributed by atoms with van der Waals surface area (Å²) >= 11 is 0. The van der Waals surface area contributed by atoms with E-state index in [4.69, 9.17) is 0 Å². The van der Waals surface area contributed by atoms with Crippen LogP contribution in [0.15, 0.2) is 55.0 Å². The van der Waals surface area contributed by atoms with Gasteiger partial charge in [-0.25, -0.2) is 14.2 Å². The molecule has 0 saturated carbocycles. The molecular formula is C22H20FN5O2. The predicted molar refractivity (Wildman–Crippen MR) is 112 cm³/mol. The van der Waals surface area contributed by atoms with Crippen LogP contribution in [-0.2, 0) is 10.5 Å². The zero-order chi connectivity index (χ0) is 20.7. The molecule has 152 valence electrons. The average molecular weight is 405 g/mol. The van der Waals surface area contributed by atoms with Crippen molar-refractivity contribution in [3.05, 3.63) is 66.4 Å². The fourth-order valence-corrected chi connectivity index (χ4v) is 4.27. The maximum absolute atomic E-state index is 14.8. The van der Waals surface area contributed by atoms with Gasteiger partial charge in [0.2, 0.25) is 5.66 Å². The maximum Gasteiger partial charge on any atom is 0.355 e. The van der Waals surface area contributed by atoms with Crippen molar-refractivity contribution in [2.45, 2.75) is 18.5 Å². The third kappa shape index (κ3) is 2.75. The molecule has 2 aliphatic rings. The van der Waals surface area contributed by atoms with Crippen molar-refractivity contribution >= 4 is 23.2 Å². The zero-order valence-corrected chi connectivity index (χ0v) is 16.1. The van der Waals surface area contributed by atoms with E-state index in [0.29, 0.717) is 33.9 Å². The van der Waals surface area contributed by atoms with E-state index in [2.05, 4.69) is 25.5 Å². The van der Waals surface area contributed by atoms with Crippen LogP contribution < -0.4 is 15.5 Å². The minimum atomic E-state index is -1.71. The molecule has 3 aromatic rings. The first-order valence-electron chi connectivity index (χ1n) is 9.83. The summed E-state index contributed by atoms with van der Waals surface area (Å²) in [6, 6.07) is 9.75. The summed E-state index contributed by atoms with van der Waals surface area (Å²) in [4.78, 5) is 23.5. The van der Waals surface area contributed by atoms with Gasteiger partial charge in [0.15, 0.2) is 0 Å². The molecule has 0 bridgehead atoms. The lowest BCUT2D eigenvalue weighted by molar-refractivity contribution is -0.141. The molecule has 3 N–H and O–H groups in total. The first kappa shape index (κ1) is 18.4. The van der Waals surface area contributed by atoms with Crippen molar-refractivity contribution < 1.29 is 14.3 Å². The number of hydrogen-bond donors (Lipinski definition) is 3. The lowest BCUT2D eigenvalue weighted by Gasteiger charge is -2.33. The maximum atomic E-state index is 14.8. The van der Waals surface area contributed by atoms with Gasteiger partial charge in [0, 0.05) is 31.0 Å². The molecule has 0 radical (unpaired) electrons. The monoisotopic (exact) mass is 405 g/mol. The third-order valence-electron chi connectivity index (χ3n) is 5.66. The first-order valence-corrected chi connectivity index (χ1v) is 9.83. The highest BCUT2D eigenvalue weighted by atomic mass is 19.1. The Morgan fingerprint density at radius 1 is 1.03 bits per heavy atom. The number of aromatic nitrogens is 2. The van der Waals surface area contributed by atoms with Gasteiger partial charge in [0.1, 0.15) is 11.6 Å². The second kappa shape index (κ2) is 6.98. The highest BCUT2D eigenvalue weighted by Crippen LogP contribution is 2.46. The summed E-state index contributed by atoms with van der Waals surface area (Å²) in [7, 11) is 0. The zero-order valence-electron chi connectivity index (χ0n) is 16.1. The van der Waals surface area contributed by atoms with Crippen molar-refractivity contribution in [2.75, 3.05) is 28.6 Å². The second-order valence-corrected chi connectivity index (χ2v) is 7.46. The highest BCUT2D eigenvalue weighted by Gasteiger charge is 2.50. The number of fused-ring (bicyclic) bond motifs is 1. The molecule has 4 heterocycles. The Hall–Kier alpha value is -3.68. The number of pyridine rings is 2. The standard InChI is InChI=1S/C22H20FN5O2/c23-16-6-2-1-5-14(16)15-7-10-25-20(28-11-3-4-12-28)19(15)22(21(29)30)26-17-8-9-24-13-18(17)27-22/h1-2,5-10,13,26-27H,3-4,11-12H2,(H,29,30). The molecule has 1 aromatic carbocycles. The number of benzene rings is 1. The van der Waals surface area contributed by atoms with Gasteiger partial charge < -0.3 is 20.6 Å². The molecule has 8 heteroatoms. The average Bonchev–Trinajstić information content (AvgIpc) is 3.42. The van der Waals surface area contributed by atoms with Crippen LogP contribution in [-0.4, -0.2) is 34.1 Å². The van der Waals surface area contributed by atoms with Crippen molar-refractivity contribution in [1.82, 2.24) is 9.97 Å².